The van der Waals surface area contributed by atoms with E-state index in [1.165, 1.54) is 32.1 Å². The lowest BCUT2D eigenvalue weighted by molar-refractivity contribution is 0.0313. The molecule has 5 nitrogen and oxygen atoms in total. The minimum atomic E-state index is -0.206. The Kier molecular flexibility index (Phi) is 10.3. The smallest absolute Gasteiger partial charge is 0.410 e. The van der Waals surface area contributed by atoms with E-state index >= 15 is 0 Å². The quantitative estimate of drug-likeness (QED) is 0.831. The van der Waals surface area contributed by atoms with Crippen LogP contribution in [0.3, 0.4) is 0 Å². The molecule has 142 valence electrons. The second-order valence-corrected chi connectivity index (χ2v) is 7.03. The summed E-state index contributed by atoms with van der Waals surface area (Å²) in [5, 5.41) is 9.76. The minimum absolute atomic E-state index is 0.0676. The highest BCUT2D eigenvalue weighted by molar-refractivity contribution is 5.67. The molecule has 2 rings (SSSR count). The fraction of sp³-hybridized carbons (Fsp3) is 0.947. The van der Waals surface area contributed by atoms with E-state index < -0.39 is 0 Å². The topological polar surface area (TPSA) is 53.0 Å². The molecule has 1 heterocycles. The maximum absolute atomic E-state index is 11.9. The lowest BCUT2D eigenvalue weighted by Gasteiger charge is -2.40. The lowest BCUT2D eigenvalue weighted by atomic mass is 9.84. The highest BCUT2D eigenvalue weighted by Crippen LogP contribution is 2.28. The number of ether oxygens (including phenoxy) is 1. The number of hydrogen-bond donors (Lipinski definition) is 1. The first-order chi connectivity index (χ1) is 11.6. The van der Waals surface area contributed by atoms with Crippen LogP contribution in [-0.4, -0.2) is 65.9 Å². The SMILES string of the molecule is CC.CC(C)OC(=O)N1CCN(C(CO)CC2CCCCC2)CC1. The van der Waals surface area contributed by atoms with Crippen LogP contribution in [0.25, 0.3) is 0 Å². The number of amides is 1. The Bertz CT molecular complexity index is 336. The van der Waals surface area contributed by atoms with E-state index in [0.29, 0.717) is 13.1 Å². The van der Waals surface area contributed by atoms with Crippen molar-refractivity contribution in [2.75, 3.05) is 32.8 Å². The summed E-state index contributed by atoms with van der Waals surface area (Å²) >= 11 is 0. The van der Waals surface area contributed by atoms with Crippen molar-refractivity contribution in [3.05, 3.63) is 0 Å². The number of carbonyl (C=O) groups excluding carboxylic acids is 1. The molecule has 1 saturated carbocycles. The van der Waals surface area contributed by atoms with Gasteiger partial charge in [0.2, 0.25) is 0 Å². The number of aliphatic hydroxyl groups excluding tert-OH is 1. The van der Waals surface area contributed by atoms with Crippen LogP contribution in [0.5, 0.6) is 0 Å². The molecule has 0 aromatic heterocycles. The first-order valence-corrected chi connectivity index (χ1v) is 9.90. The molecule has 1 aliphatic carbocycles. The molecule has 1 aliphatic heterocycles. The summed E-state index contributed by atoms with van der Waals surface area (Å²) in [6.07, 6.45) is 7.53. The number of hydrogen-bond acceptors (Lipinski definition) is 4. The second kappa shape index (κ2) is 11.7. The number of aliphatic hydroxyl groups is 1. The summed E-state index contributed by atoms with van der Waals surface area (Å²) in [5.41, 5.74) is 0. The third-order valence-corrected chi connectivity index (χ3v) is 4.97. The van der Waals surface area contributed by atoms with Gasteiger partial charge in [-0.25, -0.2) is 4.79 Å². The Labute approximate surface area is 148 Å². The summed E-state index contributed by atoms with van der Waals surface area (Å²) in [5.74, 6) is 0.773. The number of rotatable bonds is 5. The van der Waals surface area contributed by atoms with Gasteiger partial charge < -0.3 is 14.7 Å². The zero-order chi connectivity index (χ0) is 17.9. The molecule has 0 radical (unpaired) electrons. The maximum Gasteiger partial charge on any atom is 0.410 e. The molecule has 1 unspecified atom stereocenters. The molecule has 24 heavy (non-hydrogen) atoms. The molecular formula is C19H38N2O3. The molecule has 1 saturated heterocycles. The average molecular weight is 343 g/mol. The molecule has 0 spiro atoms. The van der Waals surface area contributed by atoms with Gasteiger partial charge in [-0.1, -0.05) is 46.0 Å². The molecule has 5 heteroatoms. The molecule has 1 amide bonds. The van der Waals surface area contributed by atoms with E-state index in [1.54, 1.807) is 4.90 Å². The molecule has 0 bridgehead atoms. The number of piperazine rings is 1. The van der Waals surface area contributed by atoms with Crippen LogP contribution in [0.1, 0.15) is 66.2 Å². The highest BCUT2D eigenvalue weighted by atomic mass is 16.6. The van der Waals surface area contributed by atoms with Gasteiger partial charge in [0.15, 0.2) is 0 Å². The van der Waals surface area contributed by atoms with Gasteiger partial charge in [-0.3, -0.25) is 4.90 Å². The Morgan fingerprint density at radius 3 is 2.17 bits per heavy atom. The van der Waals surface area contributed by atoms with Crippen LogP contribution in [0.4, 0.5) is 4.79 Å². The van der Waals surface area contributed by atoms with Gasteiger partial charge in [0.25, 0.3) is 0 Å². The van der Waals surface area contributed by atoms with E-state index in [9.17, 15) is 9.90 Å². The zero-order valence-corrected chi connectivity index (χ0v) is 16.2. The van der Waals surface area contributed by atoms with E-state index in [0.717, 1.165) is 25.4 Å². The normalized spacial score (nSPS) is 21.2. The van der Waals surface area contributed by atoms with E-state index in [-0.39, 0.29) is 24.8 Å². The molecule has 1 N–H and O–H groups in total. The van der Waals surface area contributed by atoms with Crippen molar-refractivity contribution in [2.45, 2.75) is 78.4 Å². The van der Waals surface area contributed by atoms with Gasteiger partial charge in [-0.05, 0) is 26.2 Å². The average Bonchev–Trinajstić information content (AvgIpc) is 2.62. The molecule has 2 aliphatic rings. The van der Waals surface area contributed by atoms with Crippen molar-refractivity contribution in [3.63, 3.8) is 0 Å². The summed E-state index contributed by atoms with van der Waals surface area (Å²) in [4.78, 5) is 16.0. The van der Waals surface area contributed by atoms with Crippen molar-refractivity contribution in [1.29, 1.82) is 0 Å². The molecule has 0 aromatic carbocycles. The molecular weight excluding hydrogens is 304 g/mol. The van der Waals surface area contributed by atoms with Crippen LogP contribution in [-0.2, 0) is 4.74 Å². The van der Waals surface area contributed by atoms with E-state index in [2.05, 4.69) is 4.90 Å². The van der Waals surface area contributed by atoms with Crippen LogP contribution >= 0.6 is 0 Å². The van der Waals surface area contributed by atoms with Crippen molar-refractivity contribution >= 4 is 6.09 Å². The van der Waals surface area contributed by atoms with Gasteiger partial charge in [-0.15, -0.1) is 0 Å². The largest absolute Gasteiger partial charge is 0.447 e. The van der Waals surface area contributed by atoms with Crippen molar-refractivity contribution in [2.24, 2.45) is 5.92 Å². The number of nitrogens with zero attached hydrogens (tertiary/aromatic N) is 2. The Morgan fingerprint density at radius 2 is 1.67 bits per heavy atom. The van der Waals surface area contributed by atoms with Crippen LogP contribution < -0.4 is 0 Å². The van der Waals surface area contributed by atoms with Crippen molar-refractivity contribution < 1.29 is 14.6 Å². The van der Waals surface area contributed by atoms with Gasteiger partial charge >= 0.3 is 6.09 Å². The molecule has 2 fully saturated rings. The minimum Gasteiger partial charge on any atom is -0.447 e. The predicted molar refractivity (Wildman–Crippen MR) is 98.2 cm³/mol. The Morgan fingerprint density at radius 1 is 1.08 bits per heavy atom. The van der Waals surface area contributed by atoms with Gasteiger partial charge in [0.05, 0.1) is 12.7 Å². The van der Waals surface area contributed by atoms with E-state index in [1.807, 2.05) is 27.7 Å². The van der Waals surface area contributed by atoms with Gasteiger partial charge in [-0.2, -0.15) is 0 Å². The van der Waals surface area contributed by atoms with Crippen LogP contribution in [0.15, 0.2) is 0 Å². The summed E-state index contributed by atoms with van der Waals surface area (Å²) in [6, 6.07) is 0.256. The Hall–Kier alpha value is -0.810. The fourth-order valence-electron chi connectivity index (χ4n) is 3.69. The van der Waals surface area contributed by atoms with Crippen molar-refractivity contribution in [3.8, 4) is 0 Å². The summed E-state index contributed by atoms with van der Waals surface area (Å²) in [6.45, 7) is 11.1. The second-order valence-electron chi connectivity index (χ2n) is 7.03. The third-order valence-electron chi connectivity index (χ3n) is 4.97. The summed E-state index contributed by atoms with van der Waals surface area (Å²) in [7, 11) is 0. The first kappa shape index (κ1) is 21.2. The maximum atomic E-state index is 11.9. The van der Waals surface area contributed by atoms with Gasteiger partial charge in [0.1, 0.15) is 0 Å². The zero-order valence-electron chi connectivity index (χ0n) is 16.2. The van der Waals surface area contributed by atoms with Crippen molar-refractivity contribution in [1.82, 2.24) is 9.80 Å². The molecule has 1 atom stereocenters. The highest BCUT2D eigenvalue weighted by Gasteiger charge is 2.28. The molecule has 0 aromatic rings. The lowest BCUT2D eigenvalue weighted by Crippen LogP contribution is -2.53. The standard InChI is InChI=1S/C17H32N2O3.C2H6/c1-14(2)22-17(21)19-10-8-18(9-11-19)16(13-20)12-15-6-4-3-5-7-15;1-2/h14-16,20H,3-13H2,1-2H3;1-2H3. The Balaban J connectivity index is 0.00000139. The van der Waals surface area contributed by atoms with E-state index in [4.69, 9.17) is 4.74 Å². The van der Waals surface area contributed by atoms with Gasteiger partial charge in [0, 0.05) is 32.2 Å². The monoisotopic (exact) mass is 342 g/mol. The third kappa shape index (κ3) is 6.98. The first-order valence-electron chi connectivity index (χ1n) is 9.90. The van der Waals surface area contributed by atoms with Crippen LogP contribution in [0, 0.1) is 5.92 Å². The van der Waals surface area contributed by atoms with Crippen LogP contribution in [0.2, 0.25) is 0 Å². The predicted octanol–water partition coefficient (Wildman–Crippen LogP) is 3.51. The summed E-state index contributed by atoms with van der Waals surface area (Å²) < 4.78 is 5.25. The fourth-order valence-corrected chi connectivity index (χ4v) is 3.69. The number of carbonyl (C=O) groups is 1.